The van der Waals surface area contributed by atoms with Crippen LogP contribution in [0.15, 0.2) is 48.5 Å². The largest absolute Gasteiger partial charge is 0.320 e. The molecule has 0 bridgehead atoms. The molecule has 3 aromatic rings. The second kappa shape index (κ2) is 8.13. The van der Waals surface area contributed by atoms with Gasteiger partial charge >= 0.3 is 0 Å². The third-order valence-corrected chi connectivity index (χ3v) is 5.98. The first-order chi connectivity index (χ1) is 14.0. The van der Waals surface area contributed by atoms with Crippen LogP contribution in [0.4, 0.5) is 11.4 Å². The highest BCUT2D eigenvalue weighted by Crippen LogP contribution is 2.32. The van der Waals surface area contributed by atoms with Crippen molar-refractivity contribution in [2.45, 2.75) is 39.2 Å². The van der Waals surface area contributed by atoms with Gasteiger partial charge in [-0.15, -0.1) is 10.2 Å². The van der Waals surface area contributed by atoms with E-state index in [0.717, 1.165) is 17.7 Å². The Labute approximate surface area is 173 Å². The van der Waals surface area contributed by atoms with Gasteiger partial charge in [0, 0.05) is 30.3 Å². The van der Waals surface area contributed by atoms with Gasteiger partial charge in [-0.05, 0) is 44.0 Å². The molecule has 2 aromatic carbocycles. The quantitative estimate of drug-likeness (QED) is 0.695. The molecule has 0 fully saturated rings. The van der Waals surface area contributed by atoms with Crippen LogP contribution in [0.1, 0.15) is 39.3 Å². The Kier molecular flexibility index (Phi) is 5.40. The molecule has 1 N–H and O–H groups in total. The lowest BCUT2D eigenvalue weighted by Gasteiger charge is -2.22. The molecule has 0 spiro atoms. The van der Waals surface area contributed by atoms with Crippen LogP contribution in [-0.2, 0) is 17.6 Å². The summed E-state index contributed by atoms with van der Waals surface area (Å²) in [4.78, 5) is 27.0. The highest BCUT2D eigenvalue weighted by atomic mass is 32.1. The fourth-order valence-corrected chi connectivity index (χ4v) is 4.28. The van der Waals surface area contributed by atoms with Crippen LogP contribution in [0.3, 0.4) is 0 Å². The van der Waals surface area contributed by atoms with Gasteiger partial charge in [0.05, 0.1) is 0 Å². The van der Waals surface area contributed by atoms with Crippen LogP contribution in [0.2, 0.25) is 0 Å². The standard InChI is InChI=1S/C22H22N4O2S/c1-14-7-9-17(10-8-14)23-21(28)22-25-24-19(29-22)11-12-20(27)26-15(2)13-16-5-3-4-6-18(16)26/h3-10,15H,11-13H2,1-2H3,(H,23,28). The van der Waals surface area contributed by atoms with E-state index in [1.807, 2.05) is 54.3 Å². The zero-order valence-corrected chi connectivity index (χ0v) is 17.2. The van der Waals surface area contributed by atoms with Crippen molar-refractivity contribution in [1.82, 2.24) is 10.2 Å². The Balaban J connectivity index is 1.36. The Bertz CT molecular complexity index is 1040. The third-order valence-electron chi connectivity index (χ3n) is 5.00. The summed E-state index contributed by atoms with van der Waals surface area (Å²) in [6, 6.07) is 15.8. The molecule has 148 valence electrons. The number of nitrogens with zero attached hydrogens (tertiary/aromatic N) is 3. The maximum Gasteiger partial charge on any atom is 0.286 e. The molecular formula is C22H22N4O2S. The van der Waals surface area contributed by atoms with Gasteiger partial charge in [-0.25, -0.2) is 0 Å². The van der Waals surface area contributed by atoms with E-state index in [-0.39, 0.29) is 17.9 Å². The van der Waals surface area contributed by atoms with Crippen molar-refractivity contribution in [3.8, 4) is 0 Å². The van der Waals surface area contributed by atoms with Crippen molar-refractivity contribution in [3.63, 3.8) is 0 Å². The molecule has 29 heavy (non-hydrogen) atoms. The molecule has 0 radical (unpaired) electrons. The van der Waals surface area contributed by atoms with Crippen molar-refractivity contribution in [3.05, 3.63) is 69.7 Å². The lowest BCUT2D eigenvalue weighted by molar-refractivity contribution is -0.118. The van der Waals surface area contributed by atoms with Gasteiger partial charge in [-0.3, -0.25) is 9.59 Å². The molecule has 0 saturated carbocycles. The van der Waals surface area contributed by atoms with E-state index in [0.29, 0.717) is 28.5 Å². The number of amides is 2. The van der Waals surface area contributed by atoms with Gasteiger partial charge < -0.3 is 10.2 Å². The number of rotatable bonds is 5. The summed E-state index contributed by atoms with van der Waals surface area (Å²) in [6.07, 6.45) is 1.69. The van der Waals surface area contributed by atoms with Crippen molar-refractivity contribution in [1.29, 1.82) is 0 Å². The average molecular weight is 407 g/mol. The molecule has 2 amide bonds. The Morgan fingerprint density at radius 1 is 1.14 bits per heavy atom. The number of para-hydroxylation sites is 1. The van der Waals surface area contributed by atoms with Gasteiger partial charge in [-0.2, -0.15) is 0 Å². The number of fused-ring (bicyclic) bond motifs is 1. The predicted molar refractivity (Wildman–Crippen MR) is 114 cm³/mol. The molecule has 7 heteroatoms. The zero-order valence-electron chi connectivity index (χ0n) is 16.4. The number of hydrogen-bond acceptors (Lipinski definition) is 5. The van der Waals surface area contributed by atoms with E-state index >= 15 is 0 Å². The first kappa shape index (κ1) is 19.3. The highest BCUT2D eigenvalue weighted by Gasteiger charge is 2.30. The summed E-state index contributed by atoms with van der Waals surface area (Å²) in [6.45, 7) is 4.06. The van der Waals surface area contributed by atoms with Crippen LogP contribution >= 0.6 is 11.3 Å². The molecule has 1 unspecified atom stereocenters. The molecule has 2 heterocycles. The van der Waals surface area contributed by atoms with E-state index in [1.165, 1.54) is 16.9 Å². The zero-order chi connectivity index (χ0) is 20.4. The van der Waals surface area contributed by atoms with Crippen LogP contribution in [0.25, 0.3) is 0 Å². The first-order valence-electron chi connectivity index (χ1n) is 9.61. The summed E-state index contributed by atoms with van der Waals surface area (Å²) < 4.78 is 0. The monoisotopic (exact) mass is 406 g/mol. The SMILES string of the molecule is Cc1ccc(NC(=O)c2nnc(CCC(=O)N3c4ccccc4CC3C)s2)cc1. The number of nitrogens with one attached hydrogen (secondary N) is 1. The number of hydrogen-bond donors (Lipinski definition) is 1. The number of benzene rings is 2. The fourth-order valence-electron chi connectivity index (χ4n) is 3.55. The Hall–Kier alpha value is -3.06. The minimum atomic E-state index is -0.286. The maximum atomic E-state index is 12.8. The van der Waals surface area contributed by atoms with E-state index in [4.69, 9.17) is 0 Å². The second-order valence-corrected chi connectivity index (χ2v) is 8.33. The lowest BCUT2D eigenvalue weighted by atomic mass is 10.1. The van der Waals surface area contributed by atoms with Crippen LogP contribution in [0.5, 0.6) is 0 Å². The van der Waals surface area contributed by atoms with E-state index in [2.05, 4.69) is 28.5 Å². The molecule has 0 aliphatic carbocycles. The molecule has 4 rings (SSSR count). The van der Waals surface area contributed by atoms with Crippen molar-refractivity contribution in [2.75, 3.05) is 10.2 Å². The van der Waals surface area contributed by atoms with Gasteiger partial charge in [-0.1, -0.05) is 47.2 Å². The number of carbonyl (C=O) groups is 2. The van der Waals surface area contributed by atoms with Gasteiger partial charge in [0.1, 0.15) is 5.01 Å². The Morgan fingerprint density at radius 3 is 2.69 bits per heavy atom. The minimum Gasteiger partial charge on any atom is -0.320 e. The van der Waals surface area contributed by atoms with E-state index in [1.54, 1.807) is 0 Å². The highest BCUT2D eigenvalue weighted by molar-refractivity contribution is 7.13. The number of aryl methyl sites for hydroxylation is 2. The number of aromatic nitrogens is 2. The second-order valence-electron chi connectivity index (χ2n) is 7.27. The van der Waals surface area contributed by atoms with Gasteiger partial charge in [0.2, 0.25) is 10.9 Å². The van der Waals surface area contributed by atoms with E-state index in [9.17, 15) is 9.59 Å². The number of carbonyl (C=O) groups excluding carboxylic acids is 2. The van der Waals surface area contributed by atoms with Crippen LogP contribution < -0.4 is 10.2 Å². The van der Waals surface area contributed by atoms with Crippen LogP contribution in [0, 0.1) is 6.92 Å². The lowest BCUT2D eigenvalue weighted by Crippen LogP contribution is -2.35. The van der Waals surface area contributed by atoms with Crippen molar-refractivity contribution < 1.29 is 9.59 Å². The predicted octanol–water partition coefficient (Wildman–Crippen LogP) is 4.01. The fraction of sp³-hybridized carbons (Fsp3) is 0.273. The smallest absolute Gasteiger partial charge is 0.286 e. The maximum absolute atomic E-state index is 12.8. The van der Waals surface area contributed by atoms with Gasteiger partial charge in [0.25, 0.3) is 5.91 Å². The van der Waals surface area contributed by atoms with Crippen LogP contribution in [-0.4, -0.2) is 28.1 Å². The molecule has 6 nitrogen and oxygen atoms in total. The normalized spacial score (nSPS) is 15.2. The summed E-state index contributed by atoms with van der Waals surface area (Å²) in [5.74, 6) is -0.214. The molecular weight excluding hydrogens is 384 g/mol. The number of anilines is 2. The van der Waals surface area contributed by atoms with Gasteiger partial charge in [0.15, 0.2) is 0 Å². The molecule has 1 aliphatic heterocycles. The minimum absolute atomic E-state index is 0.0725. The average Bonchev–Trinajstić information content (AvgIpc) is 3.31. The molecule has 0 saturated heterocycles. The molecule has 1 aliphatic rings. The summed E-state index contributed by atoms with van der Waals surface area (Å²) in [5, 5.41) is 11.9. The van der Waals surface area contributed by atoms with Crippen molar-refractivity contribution in [2.24, 2.45) is 0 Å². The van der Waals surface area contributed by atoms with Crippen molar-refractivity contribution >= 4 is 34.5 Å². The summed E-state index contributed by atoms with van der Waals surface area (Å²) in [5.41, 5.74) is 4.05. The summed E-state index contributed by atoms with van der Waals surface area (Å²) >= 11 is 1.23. The third kappa shape index (κ3) is 4.19. The molecule has 1 atom stereocenters. The molecule has 1 aromatic heterocycles. The Morgan fingerprint density at radius 2 is 1.90 bits per heavy atom. The van der Waals surface area contributed by atoms with E-state index < -0.39 is 0 Å². The topological polar surface area (TPSA) is 75.2 Å². The first-order valence-corrected chi connectivity index (χ1v) is 10.4. The summed E-state index contributed by atoms with van der Waals surface area (Å²) in [7, 11) is 0.